The highest BCUT2D eigenvalue weighted by atomic mass is 35.5. The van der Waals surface area contributed by atoms with Gasteiger partial charge in [0, 0.05) is 25.2 Å². The van der Waals surface area contributed by atoms with Gasteiger partial charge >= 0.3 is 0 Å². The Hall–Kier alpha value is -2.62. The highest BCUT2D eigenvalue weighted by Gasteiger charge is 2.21. The molecule has 0 heterocycles. The summed E-state index contributed by atoms with van der Waals surface area (Å²) in [6, 6.07) is 7.60. The van der Waals surface area contributed by atoms with E-state index in [1.165, 1.54) is 31.2 Å². The molecule has 0 fully saturated rings. The van der Waals surface area contributed by atoms with Crippen LogP contribution in [0.1, 0.15) is 13.3 Å². The molecule has 0 saturated heterocycles. The Morgan fingerprint density at radius 2 is 1.41 bits per heavy atom. The molecule has 1 unspecified atom stereocenters. The summed E-state index contributed by atoms with van der Waals surface area (Å²) in [6.07, 6.45) is 0.137. The first-order valence-corrected chi connectivity index (χ1v) is 10.2. The van der Waals surface area contributed by atoms with Crippen molar-refractivity contribution in [3.8, 4) is 11.5 Å². The molecule has 2 rings (SSSR count). The van der Waals surface area contributed by atoms with Gasteiger partial charge < -0.3 is 25.2 Å². The second-order valence-corrected chi connectivity index (χ2v) is 7.92. The lowest BCUT2D eigenvalue weighted by Crippen LogP contribution is -2.44. The summed E-state index contributed by atoms with van der Waals surface area (Å²) < 4.78 is 37.0. The maximum absolute atomic E-state index is 13.3. The van der Waals surface area contributed by atoms with Crippen LogP contribution in [0, 0.1) is 11.6 Å². The van der Waals surface area contributed by atoms with Crippen molar-refractivity contribution in [3.63, 3.8) is 0 Å². The zero-order chi connectivity index (χ0) is 23.7. The maximum atomic E-state index is 13.3. The molecule has 0 bridgehead atoms. The lowest BCUT2D eigenvalue weighted by molar-refractivity contribution is -0.125. The third-order valence-corrected chi connectivity index (χ3v) is 4.79. The molecular formula is C21H22Cl2F2N2O5. The molecule has 0 aromatic heterocycles. The standard InChI is InChI=1S/C21H22Cl2F2N2O5/c1-21(30,12-27-20(29)11-32-14-3-5-16(23)18(25)9-14)6-7-26-19(28)10-31-13-2-4-15(22)17(24)8-13/h2-5,8-9,30H,6-7,10-12H2,1H3,(H,26,28)(H,27,29). The van der Waals surface area contributed by atoms with E-state index >= 15 is 0 Å². The minimum absolute atomic E-state index is 0.0541. The van der Waals surface area contributed by atoms with E-state index < -0.39 is 29.0 Å². The average molecular weight is 491 g/mol. The molecule has 0 aliphatic rings. The molecule has 0 aliphatic heterocycles. The Balaban J connectivity index is 1.64. The Bertz CT molecular complexity index is 960. The van der Waals surface area contributed by atoms with E-state index in [0.717, 1.165) is 12.1 Å². The number of rotatable bonds is 11. The molecule has 0 aliphatic carbocycles. The number of carbonyl (C=O) groups excluding carboxylic acids is 2. The number of aliphatic hydroxyl groups is 1. The van der Waals surface area contributed by atoms with E-state index in [9.17, 15) is 23.5 Å². The largest absolute Gasteiger partial charge is 0.484 e. The van der Waals surface area contributed by atoms with E-state index in [4.69, 9.17) is 32.7 Å². The number of nitrogens with one attached hydrogen (secondary N) is 2. The molecule has 3 N–H and O–H groups in total. The van der Waals surface area contributed by atoms with Crippen LogP contribution in [0.4, 0.5) is 8.78 Å². The summed E-state index contributed by atoms with van der Waals surface area (Å²) in [4.78, 5) is 23.7. The summed E-state index contributed by atoms with van der Waals surface area (Å²) in [5.41, 5.74) is -1.31. The first-order valence-electron chi connectivity index (χ1n) is 9.47. The van der Waals surface area contributed by atoms with E-state index in [1.807, 2.05) is 0 Å². The zero-order valence-electron chi connectivity index (χ0n) is 17.1. The molecule has 0 spiro atoms. The van der Waals surface area contributed by atoms with Crippen molar-refractivity contribution in [2.45, 2.75) is 18.9 Å². The molecular weight excluding hydrogens is 469 g/mol. The van der Waals surface area contributed by atoms with Crippen LogP contribution in [0.15, 0.2) is 36.4 Å². The second kappa shape index (κ2) is 11.8. The molecule has 7 nitrogen and oxygen atoms in total. The summed E-state index contributed by atoms with van der Waals surface area (Å²) in [5.74, 6) is -2.02. The molecule has 2 aromatic rings. The fourth-order valence-corrected chi connectivity index (χ4v) is 2.62. The van der Waals surface area contributed by atoms with Gasteiger partial charge in [0.05, 0.1) is 15.6 Å². The molecule has 0 saturated carbocycles. The van der Waals surface area contributed by atoms with Gasteiger partial charge in [-0.1, -0.05) is 23.2 Å². The molecule has 174 valence electrons. The van der Waals surface area contributed by atoms with Gasteiger partial charge in [-0.2, -0.15) is 0 Å². The number of benzene rings is 2. The normalized spacial score (nSPS) is 12.6. The number of amides is 2. The third-order valence-electron chi connectivity index (χ3n) is 4.17. The van der Waals surface area contributed by atoms with Crippen molar-refractivity contribution in [2.75, 3.05) is 26.3 Å². The van der Waals surface area contributed by atoms with Crippen LogP contribution < -0.4 is 20.1 Å². The van der Waals surface area contributed by atoms with Gasteiger partial charge in [-0.05, 0) is 37.6 Å². The van der Waals surface area contributed by atoms with Crippen molar-refractivity contribution >= 4 is 35.0 Å². The van der Waals surface area contributed by atoms with Crippen molar-refractivity contribution < 1.29 is 33.0 Å². The number of ether oxygens (including phenoxy) is 2. The van der Waals surface area contributed by atoms with Gasteiger partial charge in [-0.15, -0.1) is 0 Å². The van der Waals surface area contributed by atoms with Crippen LogP contribution >= 0.6 is 23.2 Å². The van der Waals surface area contributed by atoms with Crippen LogP contribution in [0.2, 0.25) is 10.0 Å². The van der Waals surface area contributed by atoms with E-state index in [0.29, 0.717) is 0 Å². The van der Waals surface area contributed by atoms with E-state index in [-0.39, 0.29) is 54.3 Å². The molecule has 2 aromatic carbocycles. The second-order valence-electron chi connectivity index (χ2n) is 7.10. The summed E-state index contributed by atoms with van der Waals surface area (Å²) in [7, 11) is 0. The number of carbonyl (C=O) groups is 2. The predicted octanol–water partition coefficient (Wildman–Crippen LogP) is 3.10. The van der Waals surface area contributed by atoms with Gasteiger partial charge in [0.15, 0.2) is 13.2 Å². The Morgan fingerprint density at radius 3 is 1.88 bits per heavy atom. The molecule has 2 amide bonds. The Labute approximate surface area is 193 Å². The lowest BCUT2D eigenvalue weighted by Gasteiger charge is -2.23. The molecule has 1 atom stereocenters. The van der Waals surface area contributed by atoms with Gasteiger partial charge in [0.25, 0.3) is 11.8 Å². The zero-order valence-corrected chi connectivity index (χ0v) is 18.6. The predicted molar refractivity (Wildman–Crippen MR) is 115 cm³/mol. The van der Waals surface area contributed by atoms with Crippen LogP contribution in [-0.4, -0.2) is 48.8 Å². The fraction of sp³-hybridized carbons (Fsp3) is 0.333. The maximum Gasteiger partial charge on any atom is 0.258 e. The lowest BCUT2D eigenvalue weighted by atomic mass is 10.0. The third kappa shape index (κ3) is 8.86. The molecule has 0 radical (unpaired) electrons. The van der Waals surface area contributed by atoms with Crippen molar-refractivity contribution in [3.05, 3.63) is 58.1 Å². The van der Waals surface area contributed by atoms with Crippen molar-refractivity contribution in [2.24, 2.45) is 0 Å². The highest BCUT2D eigenvalue weighted by molar-refractivity contribution is 6.31. The minimum atomic E-state index is -1.31. The van der Waals surface area contributed by atoms with Gasteiger partial charge in [0.1, 0.15) is 23.1 Å². The van der Waals surface area contributed by atoms with Gasteiger partial charge in [-0.3, -0.25) is 9.59 Å². The highest BCUT2D eigenvalue weighted by Crippen LogP contribution is 2.21. The summed E-state index contributed by atoms with van der Waals surface area (Å²) in [6.45, 7) is 0.780. The van der Waals surface area contributed by atoms with E-state index in [2.05, 4.69) is 10.6 Å². The Kier molecular flexibility index (Phi) is 9.49. The van der Waals surface area contributed by atoms with E-state index in [1.54, 1.807) is 0 Å². The minimum Gasteiger partial charge on any atom is -0.484 e. The summed E-state index contributed by atoms with van der Waals surface area (Å²) in [5, 5.41) is 15.3. The number of halogens is 4. The molecule has 32 heavy (non-hydrogen) atoms. The average Bonchev–Trinajstić information content (AvgIpc) is 2.74. The van der Waals surface area contributed by atoms with Crippen LogP contribution in [0.25, 0.3) is 0 Å². The number of hydrogen-bond acceptors (Lipinski definition) is 5. The topological polar surface area (TPSA) is 96.9 Å². The fourth-order valence-electron chi connectivity index (χ4n) is 2.38. The van der Waals surface area contributed by atoms with Crippen LogP contribution in [0.3, 0.4) is 0 Å². The van der Waals surface area contributed by atoms with Gasteiger partial charge in [-0.25, -0.2) is 8.78 Å². The van der Waals surface area contributed by atoms with Crippen LogP contribution in [-0.2, 0) is 9.59 Å². The molecule has 11 heteroatoms. The monoisotopic (exact) mass is 490 g/mol. The van der Waals surface area contributed by atoms with Crippen molar-refractivity contribution in [1.82, 2.24) is 10.6 Å². The summed E-state index contributed by atoms with van der Waals surface area (Å²) >= 11 is 11.1. The first kappa shape index (κ1) is 25.6. The van der Waals surface area contributed by atoms with Crippen LogP contribution in [0.5, 0.6) is 11.5 Å². The first-order chi connectivity index (χ1) is 15.1. The quantitative estimate of drug-likeness (QED) is 0.449. The number of hydrogen-bond donors (Lipinski definition) is 3. The van der Waals surface area contributed by atoms with Crippen molar-refractivity contribution in [1.29, 1.82) is 0 Å². The van der Waals surface area contributed by atoms with Gasteiger partial charge in [0.2, 0.25) is 0 Å². The smallest absolute Gasteiger partial charge is 0.258 e. The SMILES string of the molecule is CC(O)(CCNC(=O)COc1ccc(Cl)c(F)c1)CNC(=O)COc1ccc(Cl)c(F)c1. The Morgan fingerprint density at radius 1 is 0.938 bits per heavy atom.